The minimum Gasteiger partial charge on any atom is -0.373 e. The Kier molecular flexibility index (Phi) is 7.23. The van der Waals surface area contributed by atoms with Crippen LogP contribution in [0.1, 0.15) is 55.8 Å². The molecule has 33 heavy (non-hydrogen) atoms. The van der Waals surface area contributed by atoms with Gasteiger partial charge < -0.3 is 18.9 Å². The molecule has 1 unspecified atom stereocenters. The van der Waals surface area contributed by atoms with E-state index in [2.05, 4.69) is 22.1 Å². The number of aliphatic imine (C=N–C) groups is 1. The van der Waals surface area contributed by atoms with Gasteiger partial charge in [-0.3, -0.25) is 0 Å². The van der Waals surface area contributed by atoms with E-state index in [-0.39, 0.29) is 12.3 Å². The number of nitrogens with zero attached hydrogens (tertiary/aromatic N) is 3. The smallest absolute Gasteiger partial charge is 0.161 e. The first-order chi connectivity index (χ1) is 16.0. The maximum absolute atomic E-state index is 6.48. The summed E-state index contributed by atoms with van der Waals surface area (Å²) in [7, 11) is 3.86. The lowest BCUT2D eigenvalue weighted by atomic mass is 9.92. The molecule has 0 bridgehead atoms. The third kappa shape index (κ3) is 5.08. The van der Waals surface area contributed by atoms with E-state index in [1.807, 2.05) is 18.2 Å². The van der Waals surface area contributed by atoms with Crippen LogP contribution < -0.4 is 0 Å². The maximum Gasteiger partial charge on any atom is 0.161 e. The minimum absolute atomic E-state index is 0.0165. The molecule has 1 aromatic carbocycles. The molecule has 2 saturated carbocycles. The van der Waals surface area contributed by atoms with Gasteiger partial charge in [0.15, 0.2) is 11.4 Å². The molecule has 0 spiro atoms. The van der Waals surface area contributed by atoms with Crippen molar-refractivity contribution in [3.63, 3.8) is 0 Å². The number of rotatable bonds is 7. The highest BCUT2D eigenvalue weighted by atomic mass is 35.5. The van der Waals surface area contributed by atoms with Crippen molar-refractivity contribution in [2.45, 2.75) is 69.4 Å². The fourth-order valence-electron chi connectivity index (χ4n) is 4.66. The maximum atomic E-state index is 6.48. The van der Waals surface area contributed by atoms with Crippen molar-refractivity contribution < 1.29 is 14.0 Å². The highest BCUT2D eigenvalue weighted by Gasteiger charge is 2.34. The molecule has 2 fully saturated rings. The van der Waals surface area contributed by atoms with Crippen molar-refractivity contribution in [2.75, 3.05) is 19.9 Å². The zero-order valence-corrected chi connectivity index (χ0v) is 21.3. The zero-order chi connectivity index (χ0) is 22.9. The van der Waals surface area contributed by atoms with Crippen LogP contribution >= 0.6 is 35.0 Å². The van der Waals surface area contributed by atoms with Crippen LogP contribution in [-0.2, 0) is 16.1 Å². The Labute approximate surface area is 209 Å². The second kappa shape index (κ2) is 10.2. The van der Waals surface area contributed by atoms with E-state index in [9.17, 15) is 0 Å². The van der Waals surface area contributed by atoms with Crippen LogP contribution in [0.2, 0.25) is 10.0 Å². The molecule has 2 heterocycles. The lowest BCUT2D eigenvalue weighted by Gasteiger charge is -2.35. The van der Waals surface area contributed by atoms with Crippen LogP contribution in [0.15, 0.2) is 27.7 Å². The van der Waals surface area contributed by atoms with Gasteiger partial charge in [-0.05, 0) is 50.7 Å². The zero-order valence-electron chi connectivity index (χ0n) is 18.9. The van der Waals surface area contributed by atoms with Crippen LogP contribution in [0, 0.1) is 0 Å². The quantitative estimate of drug-likeness (QED) is 0.432. The molecule has 3 aliphatic rings. The van der Waals surface area contributed by atoms with Crippen LogP contribution in [0.25, 0.3) is 11.3 Å². The van der Waals surface area contributed by atoms with Crippen molar-refractivity contribution in [1.29, 1.82) is 0 Å². The molecule has 1 atom stereocenters. The molecule has 5 rings (SSSR count). The van der Waals surface area contributed by atoms with E-state index in [1.165, 1.54) is 0 Å². The van der Waals surface area contributed by atoms with Crippen LogP contribution in [0.5, 0.6) is 0 Å². The summed E-state index contributed by atoms with van der Waals surface area (Å²) in [6.45, 7) is 0.468. The number of aromatic nitrogens is 1. The van der Waals surface area contributed by atoms with E-state index < -0.39 is 0 Å². The van der Waals surface area contributed by atoms with Crippen LogP contribution in [0.4, 0.5) is 0 Å². The molecule has 6 nitrogen and oxygen atoms in total. The average molecular weight is 510 g/mol. The normalized spacial score (nSPS) is 25.3. The summed E-state index contributed by atoms with van der Waals surface area (Å²) in [5.74, 6) is 2.25. The Hall–Kier alpha value is -1.25. The molecule has 178 valence electrons. The second-order valence-electron chi connectivity index (χ2n) is 9.01. The van der Waals surface area contributed by atoms with Gasteiger partial charge in [-0.1, -0.05) is 46.2 Å². The molecular weight excluding hydrogens is 481 g/mol. The highest BCUT2D eigenvalue weighted by Crippen LogP contribution is 2.46. The van der Waals surface area contributed by atoms with E-state index >= 15 is 0 Å². The Balaban J connectivity index is 1.23. The number of thioether (sulfide) groups is 1. The van der Waals surface area contributed by atoms with Gasteiger partial charge >= 0.3 is 0 Å². The van der Waals surface area contributed by atoms with Gasteiger partial charge in [-0.15, -0.1) is 0 Å². The third-order valence-electron chi connectivity index (χ3n) is 6.80. The second-order valence-corrected chi connectivity index (χ2v) is 10.8. The Morgan fingerprint density at radius 2 is 1.85 bits per heavy atom. The Morgan fingerprint density at radius 1 is 1.12 bits per heavy atom. The number of benzene rings is 1. The van der Waals surface area contributed by atoms with Crippen LogP contribution in [0.3, 0.4) is 0 Å². The summed E-state index contributed by atoms with van der Waals surface area (Å²) in [4.78, 5) is 6.99. The van der Waals surface area contributed by atoms with Crippen molar-refractivity contribution >= 4 is 40.1 Å². The summed E-state index contributed by atoms with van der Waals surface area (Å²) in [5, 5.41) is 6.61. The van der Waals surface area contributed by atoms with Gasteiger partial charge in [0.05, 0.1) is 22.8 Å². The van der Waals surface area contributed by atoms with Crippen molar-refractivity contribution in [2.24, 2.45) is 4.99 Å². The number of ether oxygens (including phenoxy) is 2. The average Bonchev–Trinajstić information content (AvgIpc) is 3.40. The lowest BCUT2D eigenvalue weighted by molar-refractivity contribution is 0.00571. The number of hydrogen-bond donors (Lipinski definition) is 0. The summed E-state index contributed by atoms with van der Waals surface area (Å²) in [6, 6.07) is 5.99. The van der Waals surface area contributed by atoms with Gasteiger partial charge in [0.1, 0.15) is 11.5 Å². The number of hydrogen-bond acceptors (Lipinski definition) is 7. The number of methoxy groups -OCH3 is 1. The van der Waals surface area contributed by atoms with Gasteiger partial charge in [0, 0.05) is 43.0 Å². The predicted octanol–water partition coefficient (Wildman–Crippen LogP) is 6.36. The summed E-state index contributed by atoms with van der Waals surface area (Å²) in [5.41, 5.74) is 2.43. The van der Waals surface area contributed by atoms with Gasteiger partial charge in [0.2, 0.25) is 0 Å². The lowest BCUT2D eigenvalue weighted by Crippen LogP contribution is -2.39. The van der Waals surface area contributed by atoms with Gasteiger partial charge in [-0.25, -0.2) is 4.99 Å². The molecule has 0 N–H and O–H groups in total. The minimum atomic E-state index is -0.0165. The van der Waals surface area contributed by atoms with E-state index in [0.29, 0.717) is 34.3 Å². The largest absolute Gasteiger partial charge is 0.373 e. The molecule has 1 aliphatic heterocycles. The van der Waals surface area contributed by atoms with Gasteiger partial charge in [-0.2, -0.15) is 0 Å². The van der Waals surface area contributed by atoms with E-state index in [0.717, 1.165) is 66.3 Å². The standard InChI is InChI=1S/C24H29Cl2N3O3S/c1-29(24-27-20(30-2)13-33-24)15-8-10-16(11-9-15)31-12-17-22(28-32-23(17)14-6-7-14)21-18(25)4-3-5-19(21)26/h3-5,14-16,20H,6-13H2,1-2H3/t15-,16+,20?. The molecule has 0 saturated heterocycles. The van der Waals surface area contributed by atoms with E-state index in [4.69, 9.17) is 37.2 Å². The van der Waals surface area contributed by atoms with Gasteiger partial charge in [0.25, 0.3) is 0 Å². The van der Waals surface area contributed by atoms with Crippen molar-refractivity contribution in [3.8, 4) is 11.3 Å². The third-order valence-corrected chi connectivity index (χ3v) is 8.54. The monoisotopic (exact) mass is 509 g/mol. The first-order valence-electron chi connectivity index (χ1n) is 11.6. The molecule has 0 amide bonds. The summed E-state index contributed by atoms with van der Waals surface area (Å²) >= 11 is 14.7. The van der Waals surface area contributed by atoms with Crippen molar-refractivity contribution in [1.82, 2.24) is 10.1 Å². The molecule has 2 aliphatic carbocycles. The number of halogens is 2. The fraction of sp³-hybridized carbons (Fsp3) is 0.583. The fourth-order valence-corrected chi connectivity index (χ4v) is 6.29. The topological polar surface area (TPSA) is 60.1 Å². The van der Waals surface area contributed by atoms with Crippen molar-refractivity contribution in [3.05, 3.63) is 39.6 Å². The first kappa shape index (κ1) is 23.5. The highest BCUT2D eigenvalue weighted by molar-refractivity contribution is 8.14. The Bertz CT molecular complexity index is 998. The molecule has 9 heteroatoms. The van der Waals surface area contributed by atoms with E-state index in [1.54, 1.807) is 18.9 Å². The SMILES string of the molecule is COC1CSC(N(C)[C@H]2CC[C@@H](OCc3c(-c4c(Cl)cccc4Cl)noc3C3CC3)CC2)=N1. The predicted molar refractivity (Wildman–Crippen MR) is 133 cm³/mol. The molecule has 0 radical (unpaired) electrons. The van der Waals surface area contributed by atoms with Crippen LogP contribution in [-0.4, -0.2) is 53.5 Å². The Morgan fingerprint density at radius 3 is 2.48 bits per heavy atom. The molecular formula is C24H29Cl2N3O3S. The molecule has 1 aromatic heterocycles. The number of amidine groups is 1. The summed E-state index contributed by atoms with van der Waals surface area (Å²) in [6.07, 6.45) is 6.66. The molecule has 2 aromatic rings. The first-order valence-corrected chi connectivity index (χ1v) is 13.3. The summed E-state index contributed by atoms with van der Waals surface area (Å²) < 4.78 is 17.5.